The number of halogens is 2. The normalized spacial score (nSPS) is 11.3. The quantitative estimate of drug-likeness (QED) is 0.545. The highest BCUT2D eigenvalue weighted by atomic mass is 127. The summed E-state index contributed by atoms with van der Waals surface area (Å²) >= 11 is 4.30. The Hall–Kier alpha value is -0.710. The van der Waals surface area contributed by atoms with Crippen LogP contribution in [0, 0.1) is 21.0 Å². The largest absolute Gasteiger partial charge is 0.506 e. The van der Waals surface area contributed by atoms with Crippen LogP contribution in [-0.2, 0) is 0 Å². The van der Waals surface area contributed by atoms with E-state index in [-0.39, 0.29) is 5.75 Å². The first-order chi connectivity index (χ1) is 8.49. The Balaban J connectivity index is 2.41. The van der Waals surface area contributed by atoms with Crippen molar-refractivity contribution in [2.75, 3.05) is 0 Å². The average molecular weight is 468 g/mol. The molecule has 1 heterocycles. The lowest BCUT2D eigenvalue weighted by Crippen LogP contribution is -1.97. The number of rotatable bonds is 2. The molecule has 0 radical (unpaired) electrons. The standard InChI is InChI=1S/C11H10I2N4O/c1-6-15-16-7(2)17(6)14-5-8-3-9(12)4-10(13)11(8)18/h3-5,18H,1-2H3. The van der Waals surface area contributed by atoms with E-state index in [0.29, 0.717) is 17.2 Å². The summed E-state index contributed by atoms with van der Waals surface area (Å²) in [7, 11) is 0. The van der Waals surface area contributed by atoms with E-state index in [2.05, 4.69) is 60.5 Å². The van der Waals surface area contributed by atoms with Crippen molar-refractivity contribution in [3.8, 4) is 5.75 Å². The van der Waals surface area contributed by atoms with E-state index in [0.717, 1.165) is 7.14 Å². The number of hydrogen-bond donors (Lipinski definition) is 1. The van der Waals surface area contributed by atoms with Crippen molar-refractivity contribution >= 4 is 51.4 Å². The maximum Gasteiger partial charge on any atom is 0.151 e. The third kappa shape index (κ3) is 2.82. The van der Waals surface area contributed by atoms with Crippen LogP contribution in [0.1, 0.15) is 17.2 Å². The van der Waals surface area contributed by atoms with Crippen LogP contribution in [0.4, 0.5) is 0 Å². The summed E-state index contributed by atoms with van der Waals surface area (Å²) in [5, 5.41) is 22.1. The van der Waals surface area contributed by atoms with E-state index in [1.807, 2.05) is 26.0 Å². The molecule has 1 N–H and O–H groups in total. The maximum absolute atomic E-state index is 9.95. The second kappa shape index (κ2) is 5.51. The van der Waals surface area contributed by atoms with Crippen molar-refractivity contribution in [3.63, 3.8) is 0 Å². The summed E-state index contributed by atoms with van der Waals surface area (Å²) in [6.45, 7) is 3.66. The van der Waals surface area contributed by atoms with Gasteiger partial charge in [0.1, 0.15) is 5.75 Å². The minimum Gasteiger partial charge on any atom is -0.506 e. The molecule has 0 atom stereocenters. The molecule has 0 aliphatic rings. The van der Waals surface area contributed by atoms with Gasteiger partial charge in [-0.15, -0.1) is 10.2 Å². The molecule has 0 aliphatic carbocycles. The summed E-state index contributed by atoms with van der Waals surface area (Å²) in [6.07, 6.45) is 1.61. The zero-order chi connectivity index (χ0) is 13.3. The zero-order valence-corrected chi connectivity index (χ0v) is 14.0. The molecular weight excluding hydrogens is 458 g/mol. The Labute approximate surface area is 132 Å². The lowest BCUT2D eigenvalue weighted by Gasteiger charge is -2.03. The van der Waals surface area contributed by atoms with Crippen molar-refractivity contribution in [1.82, 2.24) is 14.9 Å². The van der Waals surface area contributed by atoms with Gasteiger partial charge in [-0.05, 0) is 71.2 Å². The predicted molar refractivity (Wildman–Crippen MR) is 86.0 cm³/mol. The van der Waals surface area contributed by atoms with Gasteiger partial charge in [0.05, 0.1) is 9.78 Å². The van der Waals surface area contributed by atoms with Crippen LogP contribution in [0.15, 0.2) is 17.2 Å². The summed E-state index contributed by atoms with van der Waals surface area (Å²) in [5.74, 6) is 1.66. The van der Waals surface area contributed by atoms with Crippen LogP contribution in [0.5, 0.6) is 5.75 Å². The van der Waals surface area contributed by atoms with Crippen LogP contribution < -0.4 is 0 Å². The number of hydrogen-bond acceptors (Lipinski definition) is 4. The number of benzene rings is 1. The molecule has 0 fully saturated rings. The van der Waals surface area contributed by atoms with Gasteiger partial charge in [-0.3, -0.25) is 0 Å². The summed E-state index contributed by atoms with van der Waals surface area (Å²) in [6, 6.07) is 3.78. The highest BCUT2D eigenvalue weighted by Crippen LogP contribution is 2.25. The molecule has 18 heavy (non-hydrogen) atoms. The molecule has 0 saturated heterocycles. The van der Waals surface area contributed by atoms with Gasteiger partial charge in [-0.2, -0.15) is 5.10 Å². The van der Waals surface area contributed by atoms with Crippen LogP contribution in [0.2, 0.25) is 0 Å². The van der Waals surface area contributed by atoms with Gasteiger partial charge in [0.15, 0.2) is 11.6 Å². The summed E-state index contributed by atoms with van der Waals surface area (Å²) in [5.41, 5.74) is 0.679. The minimum absolute atomic E-state index is 0.239. The number of phenols is 1. The minimum atomic E-state index is 0.239. The summed E-state index contributed by atoms with van der Waals surface area (Å²) < 4.78 is 3.48. The molecule has 2 aromatic rings. The van der Waals surface area contributed by atoms with Crippen molar-refractivity contribution in [2.24, 2.45) is 5.10 Å². The predicted octanol–water partition coefficient (Wildman–Crippen LogP) is 2.69. The topological polar surface area (TPSA) is 63.3 Å². The van der Waals surface area contributed by atoms with E-state index in [4.69, 9.17) is 0 Å². The number of aromatic nitrogens is 3. The second-order valence-corrected chi connectivity index (χ2v) is 6.08. The molecule has 0 spiro atoms. The molecule has 94 valence electrons. The van der Waals surface area contributed by atoms with E-state index in [1.165, 1.54) is 0 Å². The van der Waals surface area contributed by atoms with Gasteiger partial charge >= 0.3 is 0 Å². The first kappa shape index (κ1) is 13.7. The fourth-order valence-electron chi connectivity index (χ4n) is 1.43. The molecule has 0 amide bonds. The average Bonchev–Trinajstić information content (AvgIpc) is 2.62. The maximum atomic E-state index is 9.95. The fourth-order valence-corrected chi connectivity index (χ4v) is 3.32. The van der Waals surface area contributed by atoms with Gasteiger partial charge in [0.25, 0.3) is 0 Å². The molecular formula is C11H10I2N4O. The first-order valence-electron chi connectivity index (χ1n) is 5.10. The Morgan fingerprint density at radius 2 is 1.83 bits per heavy atom. The van der Waals surface area contributed by atoms with Gasteiger partial charge < -0.3 is 5.11 Å². The molecule has 0 aliphatic heterocycles. The molecule has 0 unspecified atom stereocenters. The van der Waals surface area contributed by atoms with E-state index in [1.54, 1.807) is 10.9 Å². The van der Waals surface area contributed by atoms with E-state index < -0.39 is 0 Å². The SMILES string of the molecule is Cc1nnc(C)n1N=Cc1cc(I)cc(I)c1O. The van der Waals surface area contributed by atoms with Crippen molar-refractivity contribution in [1.29, 1.82) is 0 Å². The van der Waals surface area contributed by atoms with Gasteiger partial charge in [0, 0.05) is 9.13 Å². The van der Waals surface area contributed by atoms with Crippen LogP contribution in [0.3, 0.4) is 0 Å². The fraction of sp³-hybridized carbons (Fsp3) is 0.182. The van der Waals surface area contributed by atoms with Crippen molar-refractivity contribution in [2.45, 2.75) is 13.8 Å². The van der Waals surface area contributed by atoms with Crippen LogP contribution in [-0.4, -0.2) is 26.2 Å². The lowest BCUT2D eigenvalue weighted by molar-refractivity contribution is 0.470. The molecule has 7 heteroatoms. The second-order valence-electron chi connectivity index (χ2n) is 3.68. The molecule has 1 aromatic carbocycles. The number of aromatic hydroxyl groups is 1. The lowest BCUT2D eigenvalue weighted by atomic mass is 10.2. The third-order valence-corrected chi connectivity index (χ3v) is 3.77. The van der Waals surface area contributed by atoms with Gasteiger partial charge in [-0.25, -0.2) is 4.68 Å². The molecule has 2 rings (SSSR count). The van der Waals surface area contributed by atoms with Crippen LogP contribution >= 0.6 is 45.2 Å². The number of nitrogens with zero attached hydrogens (tertiary/aromatic N) is 4. The molecule has 0 saturated carbocycles. The number of aryl methyl sites for hydroxylation is 2. The van der Waals surface area contributed by atoms with Gasteiger partial charge in [0.2, 0.25) is 0 Å². The van der Waals surface area contributed by atoms with E-state index >= 15 is 0 Å². The first-order valence-corrected chi connectivity index (χ1v) is 7.26. The Morgan fingerprint density at radius 3 is 2.44 bits per heavy atom. The number of phenolic OH excluding ortho intramolecular Hbond substituents is 1. The molecule has 1 aromatic heterocycles. The van der Waals surface area contributed by atoms with Crippen LogP contribution in [0.25, 0.3) is 0 Å². The Kier molecular flexibility index (Phi) is 4.20. The van der Waals surface area contributed by atoms with Crippen molar-refractivity contribution in [3.05, 3.63) is 36.5 Å². The third-order valence-electron chi connectivity index (χ3n) is 2.32. The van der Waals surface area contributed by atoms with Gasteiger partial charge in [-0.1, -0.05) is 0 Å². The Bertz CT molecular complexity index is 602. The summed E-state index contributed by atoms with van der Waals surface area (Å²) in [4.78, 5) is 0. The smallest absolute Gasteiger partial charge is 0.151 e. The highest BCUT2D eigenvalue weighted by Gasteiger charge is 2.06. The van der Waals surface area contributed by atoms with Crippen molar-refractivity contribution < 1.29 is 5.11 Å². The zero-order valence-electron chi connectivity index (χ0n) is 9.72. The monoisotopic (exact) mass is 468 g/mol. The molecule has 5 nitrogen and oxygen atoms in total. The highest BCUT2D eigenvalue weighted by molar-refractivity contribution is 14.1. The van der Waals surface area contributed by atoms with E-state index in [9.17, 15) is 5.11 Å². The Morgan fingerprint density at radius 1 is 1.22 bits per heavy atom. The molecule has 0 bridgehead atoms.